The predicted molar refractivity (Wildman–Crippen MR) is 103 cm³/mol. The monoisotopic (exact) mass is 367 g/mol. The summed E-state index contributed by atoms with van der Waals surface area (Å²) in [6, 6.07) is 13.6. The molecular weight excluding hydrogens is 346 g/mol. The van der Waals surface area contributed by atoms with E-state index in [-0.39, 0.29) is 5.91 Å². The van der Waals surface area contributed by atoms with Crippen molar-refractivity contribution in [2.24, 2.45) is 0 Å². The SMILES string of the molecule is CCOc1ccc(C(=O)NNC(=O)/C=C/c2ccc(NC(C)=O)cc2)cc1. The van der Waals surface area contributed by atoms with Gasteiger partial charge in [0, 0.05) is 24.3 Å². The highest BCUT2D eigenvalue weighted by atomic mass is 16.5. The molecule has 0 bridgehead atoms. The first-order valence-corrected chi connectivity index (χ1v) is 8.37. The van der Waals surface area contributed by atoms with Gasteiger partial charge in [0.15, 0.2) is 0 Å². The lowest BCUT2D eigenvalue weighted by molar-refractivity contribution is -0.117. The lowest BCUT2D eigenvalue weighted by Gasteiger charge is -2.07. The number of hydrogen-bond acceptors (Lipinski definition) is 4. The highest BCUT2D eigenvalue weighted by Gasteiger charge is 2.06. The maximum atomic E-state index is 12.0. The average Bonchev–Trinajstić information content (AvgIpc) is 2.66. The number of carbonyl (C=O) groups is 3. The fraction of sp³-hybridized carbons (Fsp3) is 0.150. The molecule has 2 aromatic rings. The first-order valence-electron chi connectivity index (χ1n) is 8.37. The molecule has 2 aromatic carbocycles. The number of nitrogens with one attached hydrogen (secondary N) is 3. The van der Waals surface area contributed by atoms with Gasteiger partial charge in [0.2, 0.25) is 5.91 Å². The van der Waals surface area contributed by atoms with E-state index >= 15 is 0 Å². The minimum absolute atomic E-state index is 0.152. The van der Waals surface area contributed by atoms with Crippen molar-refractivity contribution in [2.75, 3.05) is 11.9 Å². The molecule has 0 saturated carbocycles. The van der Waals surface area contributed by atoms with Crippen molar-refractivity contribution < 1.29 is 19.1 Å². The second kappa shape index (κ2) is 9.76. The summed E-state index contributed by atoms with van der Waals surface area (Å²) in [4.78, 5) is 34.8. The van der Waals surface area contributed by atoms with Crippen LogP contribution in [0.2, 0.25) is 0 Å². The molecule has 27 heavy (non-hydrogen) atoms. The van der Waals surface area contributed by atoms with Crippen LogP contribution in [0.5, 0.6) is 5.75 Å². The standard InChI is InChI=1S/C20H21N3O4/c1-3-27-18-11-7-16(8-12-18)20(26)23-22-19(25)13-6-15-4-9-17(10-5-15)21-14(2)24/h4-13H,3H2,1-2H3,(H,21,24)(H,22,25)(H,23,26)/b13-6+. The molecule has 0 saturated heterocycles. The van der Waals surface area contributed by atoms with Gasteiger partial charge in [-0.15, -0.1) is 0 Å². The first-order chi connectivity index (χ1) is 13.0. The van der Waals surface area contributed by atoms with E-state index < -0.39 is 11.8 Å². The number of hydrazine groups is 1. The van der Waals surface area contributed by atoms with E-state index in [9.17, 15) is 14.4 Å². The van der Waals surface area contributed by atoms with Gasteiger partial charge < -0.3 is 10.1 Å². The molecule has 0 radical (unpaired) electrons. The third-order valence-corrected chi connectivity index (χ3v) is 3.38. The Hall–Kier alpha value is -3.61. The maximum absolute atomic E-state index is 12.0. The smallest absolute Gasteiger partial charge is 0.269 e. The zero-order chi connectivity index (χ0) is 19.6. The molecule has 3 amide bonds. The third kappa shape index (κ3) is 6.66. The lowest BCUT2D eigenvalue weighted by atomic mass is 10.2. The first kappa shape index (κ1) is 19.7. The van der Waals surface area contributed by atoms with E-state index in [0.717, 1.165) is 5.56 Å². The van der Waals surface area contributed by atoms with E-state index in [2.05, 4.69) is 16.2 Å². The van der Waals surface area contributed by atoms with Gasteiger partial charge >= 0.3 is 0 Å². The molecule has 0 unspecified atom stereocenters. The van der Waals surface area contributed by atoms with Crippen LogP contribution in [0, 0.1) is 0 Å². The van der Waals surface area contributed by atoms with Crippen molar-refractivity contribution in [3.05, 3.63) is 65.7 Å². The molecular formula is C20H21N3O4. The second-order valence-electron chi connectivity index (χ2n) is 5.54. The second-order valence-corrected chi connectivity index (χ2v) is 5.54. The average molecular weight is 367 g/mol. The minimum Gasteiger partial charge on any atom is -0.494 e. The van der Waals surface area contributed by atoms with E-state index in [1.54, 1.807) is 54.6 Å². The number of carbonyl (C=O) groups excluding carboxylic acids is 3. The molecule has 0 aliphatic heterocycles. The highest BCUT2D eigenvalue weighted by Crippen LogP contribution is 2.12. The summed E-state index contributed by atoms with van der Waals surface area (Å²) in [6.07, 6.45) is 2.89. The number of anilines is 1. The fourth-order valence-electron chi connectivity index (χ4n) is 2.15. The topological polar surface area (TPSA) is 96.5 Å². The quantitative estimate of drug-likeness (QED) is 0.540. The van der Waals surface area contributed by atoms with Crippen molar-refractivity contribution >= 4 is 29.5 Å². The molecule has 0 spiro atoms. The van der Waals surface area contributed by atoms with Crippen molar-refractivity contribution in [1.29, 1.82) is 0 Å². The normalized spacial score (nSPS) is 10.3. The molecule has 0 atom stereocenters. The number of amides is 3. The van der Waals surface area contributed by atoms with Gasteiger partial charge in [-0.2, -0.15) is 0 Å². The van der Waals surface area contributed by atoms with Gasteiger partial charge in [0.05, 0.1) is 6.61 Å². The Balaban J connectivity index is 1.83. The summed E-state index contributed by atoms with van der Waals surface area (Å²) in [5.41, 5.74) is 6.50. The van der Waals surface area contributed by atoms with Crippen LogP contribution in [-0.4, -0.2) is 24.3 Å². The summed E-state index contributed by atoms with van der Waals surface area (Å²) in [5, 5.41) is 2.66. The van der Waals surface area contributed by atoms with Crippen LogP contribution in [0.1, 0.15) is 29.8 Å². The highest BCUT2D eigenvalue weighted by molar-refractivity contribution is 5.98. The van der Waals surface area contributed by atoms with Crippen LogP contribution >= 0.6 is 0 Å². The Kier molecular flexibility index (Phi) is 7.13. The summed E-state index contributed by atoms with van der Waals surface area (Å²) in [5.74, 6) is -0.383. The summed E-state index contributed by atoms with van der Waals surface area (Å²) >= 11 is 0. The van der Waals surface area contributed by atoms with Crippen LogP contribution in [0.3, 0.4) is 0 Å². The molecule has 140 valence electrons. The van der Waals surface area contributed by atoms with Crippen molar-refractivity contribution in [3.8, 4) is 5.75 Å². The van der Waals surface area contributed by atoms with Crippen LogP contribution < -0.4 is 20.9 Å². The number of benzene rings is 2. The Labute approximate surface area is 157 Å². The summed E-state index contributed by atoms with van der Waals surface area (Å²) < 4.78 is 5.31. The van der Waals surface area contributed by atoms with Crippen molar-refractivity contribution in [2.45, 2.75) is 13.8 Å². The van der Waals surface area contributed by atoms with Crippen molar-refractivity contribution in [1.82, 2.24) is 10.9 Å². The number of ether oxygens (including phenoxy) is 1. The van der Waals surface area contributed by atoms with Crippen LogP contribution in [0.4, 0.5) is 5.69 Å². The van der Waals surface area contributed by atoms with Gasteiger partial charge in [0.1, 0.15) is 5.75 Å². The molecule has 7 heteroatoms. The Morgan fingerprint density at radius 2 is 1.63 bits per heavy atom. The largest absolute Gasteiger partial charge is 0.494 e. The van der Waals surface area contributed by atoms with Gasteiger partial charge in [-0.05, 0) is 55.0 Å². The fourth-order valence-corrected chi connectivity index (χ4v) is 2.15. The number of rotatable bonds is 6. The summed E-state index contributed by atoms with van der Waals surface area (Å²) in [7, 11) is 0. The van der Waals surface area contributed by atoms with Crippen LogP contribution in [-0.2, 0) is 9.59 Å². The van der Waals surface area contributed by atoms with Gasteiger partial charge in [-0.3, -0.25) is 25.2 Å². The molecule has 0 aliphatic rings. The maximum Gasteiger partial charge on any atom is 0.269 e. The Morgan fingerprint density at radius 1 is 0.963 bits per heavy atom. The molecule has 2 rings (SSSR count). The van der Waals surface area contributed by atoms with Gasteiger partial charge in [0.25, 0.3) is 11.8 Å². The molecule has 0 heterocycles. The molecule has 0 aliphatic carbocycles. The van der Waals surface area contributed by atoms with Crippen LogP contribution in [0.15, 0.2) is 54.6 Å². The van der Waals surface area contributed by atoms with Crippen molar-refractivity contribution in [3.63, 3.8) is 0 Å². The predicted octanol–water partition coefficient (Wildman–Crippen LogP) is 2.52. The molecule has 7 nitrogen and oxygen atoms in total. The molecule has 0 fully saturated rings. The lowest BCUT2D eigenvalue weighted by Crippen LogP contribution is -2.40. The Bertz CT molecular complexity index is 827. The Morgan fingerprint density at radius 3 is 2.22 bits per heavy atom. The van der Waals surface area contributed by atoms with Gasteiger partial charge in [-0.25, -0.2) is 0 Å². The zero-order valence-corrected chi connectivity index (χ0v) is 15.1. The molecule has 0 aromatic heterocycles. The van der Waals surface area contributed by atoms with Crippen LogP contribution in [0.25, 0.3) is 6.08 Å². The van der Waals surface area contributed by atoms with E-state index in [4.69, 9.17) is 4.74 Å². The van der Waals surface area contributed by atoms with E-state index in [0.29, 0.717) is 23.6 Å². The van der Waals surface area contributed by atoms with E-state index in [1.807, 2.05) is 6.92 Å². The number of hydrogen-bond donors (Lipinski definition) is 3. The third-order valence-electron chi connectivity index (χ3n) is 3.38. The minimum atomic E-state index is -0.472. The zero-order valence-electron chi connectivity index (χ0n) is 15.1. The summed E-state index contributed by atoms with van der Waals surface area (Å²) in [6.45, 7) is 3.85. The van der Waals surface area contributed by atoms with E-state index in [1.165, 1.54) is 13.0 Å². The molecule has 3 N–H and O–H groups in total. The van der Waals surface area contributed by atoms with Gasteiger partial charge in [-0.1, -0.05) is 12.1 Å².